The summed E-state index contributed by atoms with van der Waals surface area (Å²) in [6.45, 7) is 5.84. The molecule has 0 bridgehead atoms. The molecule has 0 spiro atoms. The SMILES string of the molecule is C=CC(=O)C[C@H]1COC[C@H]1Nc1cc2c(NC3CCOC3)nc(-c3c(Cl)c(OC)cc(OC)c3Cl)cc2cn1. The van der Waals surface area contributed by atoms with E-state index in [2.05, 4.69) is 22.2 Å². The van der Waals surface area contributed by atoms with Gasteiger partial charge in [0, 0.05) is 47.5 Å². The number of ether oxygens (including phenoxy) is 4. The summed E-state index contributed by atoms with van der Waals surface area (Å²) in [5.74, 6) is 2.20. The number of fused-ring (bicyclic) bond motifs is 1. The lowest BCUT2D eigenvalue weighted by Gasteiger charge is -2.20. The number of allylic oxidation sites excluding steroid dienone is 1. The van der Waals surface area contributed by atoms with Gasteiger partial charge in [0.25, 0.3) is 0 Å². The van der Waals surface area contributed by atoms with Crippen molar-refractivity contribution in [2.45, 2.75) is 24.9 Å². The van der Waals surface area contributed by atoms with Crippen molar-refractivity contribution in [3.8, 4) is 22.8 Å². The zero-order valence-corrected chi connectivity index (χ0v) is 23.3. The van der Waals surface area contributed by atoms with E-state index in [4.69, 9.17) is 47.1 Å². The number of carbonyl (C=O) groups excluding carboxylic acids is 1. The third-order valence-corrected chi connectivity index (χ3v) is 7.79. The molecule has 206 valence electrons. The lowest BCUT2D eigenvalue weighted by molar-refractivity contribution is -0.115. The number of nitrogens with one attached hydrogen (secondary N) is 2. The highest BCUT2D eigenvalue weighted by atomic mass is 35.5. The topological polar surface area (TPSA) is 104 Å². The summed E-state index contributed by atoms with van der Waals surface area (Å²) < 4.78 is 22.2. The molecule has 4 heterocycles. The van der Waals surface area contributed by atoms with Gasteiger partial charge in [-0.3, -0.25) is 4.79 Å². The van der Waals surface area contributed by atoms with Gasteiger partial charge in [0.1, 0.15) is 23.1 Å². The average molecular weight is 573 g/mol. The highest BCUT2D eigenvalue weighted by Crippen LogP contribution is 2.46. The molecule has 3 atom stereocenters. The Morgan fingerprint density at radius 1 is 1.10 bits per heavy atom. The van der Waals surface area contributed by atoms with Crippen LogP contribution >= 0.6 is 23.2 Å². The first kappa shape index (κ1) is 27.5. The fourth-order valence-electron chi connectivity index (χ4n) is 4.91. The summed E-state index contributed by atoms with van der Waals surface area (Å²) in [5, 5.41) is 9.34. The Kier molecular flexibility index (Phi) is 8.42. The molecule has 1 aromatic carbocycles. The molecule has 0 radical (unpaired) electrons. The van der Waals surface area contributed by atoms with Gasteiger partial charge in [-0.1, -0.05) is 29.8 Å². The van der Waals surface area contributed by atoms with Crippen LogP contribution in [0.2, 0.25) is 10.0 Å². The van der Waals surface area contributed by atoms with Gasteiger partial charge < -0.3 is 29.6 Å². The van der Waals surface area contributed by atoms with E-state index in [9.17, 15) is 4.79 Å². The number of hydrogen-bond acceptors (Lipinski definition) is 9. The summed E-state index contributed by atoms with van der Waals surface area (Å²) in [6, 6.07) is 5.53. The molecule has 2 aliphatic heterocycles. The van der Waals surface area contributed by atoms with Crippen LogP contribution in [-0.2, 0) is 14.3 Å². The quantitative estimate of drug-likeness (QED) is 0.309. The fourth-order valence-corrected chi connectivity index (χ4v) is 5.60. The minimum Gasteiger partial charge on any atom is -0.495 e. The zero-order valence-electron chi connectivity index (χ0n) is 21.8. The van der Waals surface area contributed by atoms with Crippen LogP contribution < -0.4 is 20.1 Å². The second-order valence-corrected chi connectivity index (χ2v) is 10.3. The number of carbonyl (C=O) groups is 1. The second-order valence-electron chi connectivity index (χ2n) is 9.56. The van der Waals surface area contributed by atoms with Crippen LogP contribution in [0.4, 0.5) is 11.6 Å². The Morgan fingerprint density at radius 2 is 1.87 bits per heavy atom. The first-order valence-corrected chi connectivity index (χ1v) is 13.4. The van der Waals surface area contributed by atoms with Crippen molar-refractivity contribution in [3.63, 3.8) is 0 Å². The van der Waals surface area contributed by atoms with E-state index in [-0.39, 0.29) is 23.8 Å². The van der Waals surface area contributed by atoms with Gasteiger partial charge in [-0.05, 0) is 24.6 Å². The van der Waals surface area contributed by atoms with Crippen molar-refractivity contribution in [3.05, 3.63) is 47.1 Å². The van der Waals surface area contributed by atoms with Gasteiger partial charge in [-0.15, -0.1) is 0 Å². The van der Waals surface area contributed by atoms with Crippen molar-refractivity contribution in [2.24, 2.45) is 5.92 Å². The minimum atomic E-state index is -0.0485. The van der Waals surface area contributed by atoms with Crippen molar-refractivity contribution in [1.29, 1.82) is 0 Å². The van der Waals surface area contributed by atoms with Gasteiger partial charge in [-0.2, -0.15) is 0 Å². The van der Waals surface area contributed by atoms with Gasteiger partial charge in [0.2, 0.25) is 0 Å². The number of methoxy groups -OCH3 is 2. The summed E-state index contributed by atoms with van der Waals surface area (Å²) in [7, 11) is 3.07. The molecule has 3 aromatic rings. The summed E-state index contributed by atoms with van der Waals surface area (Å²) >= 11 is 13.4. The van der Waals surface area contributed by atoms with E-state index in [0.29, 0.717) is 77.3 Å². The monoisotopic (exact) mass is 572 g/mol. The second kappa shape index (κ2) is 12.0. The van der Waals surface area contributed by atoms with E-state index in [1.807, 2.05) is 12.1 Å². The van der Waals surface area contributed by atoms with Crippen molar-refractivity contribution >= 4 is 51.4 Å². The maximum absolute atomic E-state index is 11.9. The fraction of sp³-hybridized carbons (Fsp3) is 0.393. The van der Waals surface area contributed by atoms with Crippen LogP contribution in [0.3, 0.4) is 0 Å². The molecule has 0 saturated carbocycles. The molecule has 2 saturated heterocycles. The molecule has 2 fully saturated rings. The molecule has 39 heavy (non-hydrogen) atoms. The molecule has 11 heteroatoms. The van der Waals surface area contributed by atoms with Crippen LogP contribution in [0.15, 0.2) is 37.1 Å². The number of halogens is 2. The predicted octanol–water partition coefficient (Wildman–Crippen LogP) is 5.39. The predicted molar refractivity (Wildman–Crippen MR) is 152 cm³/mol. The van der Waals surface area contributed by atoms with E-state index in [1.165, 1.54) is 20.3 Å². The highest BCUT2D eigenvalue weighted by Gasteiger charge is 2.30. The van der Waals surface area contributed by atoms with Crippen molar-refractivity contribution in [2.75, 3.05) is 51.3 Å². The molecule has 9 nitrogen and oxygen atoms in total. The van der Waals surface area contributed by atoms with E-state index < -0.39 is 0 Å². The average Bonchev–Trinajstić information content (AvgIpc) is 3.61. The van der Waals surface area contributed by atoms with Gasteiger partial charge >= 0.3 is 0 Å². The van der Waals surface area contributed by atoms with E-state index in [1.54, 1.807) is 12.3 Å². The standard InChI is InChI=1S/C28H30Cl2N4O5/c1-4-18(35)7-16-12-39-14-21(16)33-24-9-19-15(11-31-24)8-20(34-28(19)32-17-5-6-38-13-17)25-26(29)22(36-2)10-23(37-3)27(25)30/h4,8-11,16-17,21H,1,5-7,12-14H2,2-3H3,(H,31,33)(H,32,34)/t16-,17?,21+/m0/s1. The minimum absolute atomic E-state index is 0.00253. The number of ketones is 1. The molecule has 1 unspecified atom stereocenters. The molecular weight excluding hydrogens is 543 g/mol. The van der Waals surface area contributed by atoms with Gasteiger partial charge in [0.05, 0.1) is 61.9 Å². The lowest BCUT2D eigenvalue weighted by Crippen LogP contribution is -2.29. The van der Waals surface area contributed by atoms with Crippen LogP contribution in [0.1, 0.15) is 12.8 Å². The zero-order chi connectivity index (χ0) is 27.5. The Balaban J connectivity index is 1.56. The molecule has 2 N–H and O–H groups in total. The molecule has 0 amide bonds. The summed E-state index contributed by atoms with van der Waals surface area (Å²) in [4.78, 5) is 21.6. The highest BCUT2D eigenvalue weighted by molar-refractivity contribution is 6.41. The number of aromatic nitrogens is 2. The number of rotatable bonds is 10. The largest absolute Gasteiger partial charge is 0.495 e. The Morgan fingerprint density at radius 3 is 2.54 bits per heavy atom. The molecular formula is C28H30Cl2N4O5. The summed E-state index contributed by atoms with van der Waals surface area (Å²) in [6.07, 6.45) is 4.36. The maximum Gasteiger partial charge on any atom is 0.155 e. The number of nitrogens with zero attached hydrogens (tertiary/aromatic N) is 2. The normalized spacial score (nSPS) is 20.7. The van der Waals surface area contributed by atoms with E-state index >= 15 is 0 Å². The third-order valence-electron chi connectivity index (χ3n) is 7.04. The molecule has 5 rings (SSSR count). The van der Waals surface area contributed by atoms with Crippen LogP contribution in [-0.4, -0.2) is 68.5 Å². The first-order valence-electron chi connectivity index (χ1n) is 12.7. The van der Waals surface area contributed by atoms with Crippen LogP contribution in [0.5, 0.6) is 11.5 Å². The van der Waals surface area contributed by atoms with E-state index in [0.717, 1.165) is 17.2 Å². The maximum atomic E-state index is 11.9. The number of anilines is 2. The van der Waals surface area contributed by atoms with Gasteiger partial charge in [-0.25, -0.2) is 9.97 Å². The Labute approximate surface area is 236 Å². The number of benzene rings is 1. The molecule has 2 aromatic heterocycles. The Hall–Kier alpha value is -3.11. The smallest absolute Gasteiger partial charge is 0.155 e. The lowest BCUT2D eigenvalue weighted by atomic mass is 9.97. The van der Waals surface area contributed by atoms with Crippen molar-refractivity contribution < 1.29 is 23.7 Å². The van der Waals surface area contributed by atoms with Crippen LogP contribution in [0, 0.1) is 5.92 Å². The Bertz CT molecular complexity index is 1370. The third kappa shape index (κ3) is 5.77. The van der Waals surface area contributed by atoms with Gasteiger partial charge in [0.15, 0.2) is 5.78 Å². The van der Waals surface area contributed by atoms with Crippen LogP contribution in [0.25, 0.3) is 22.0 Å². The summed E-state index contributed by atoms with van der Waals surface area (Å²) in [5.41, 5.74) is 1.05. The molecule has 2 aliphatic rings. The molecule has 0 aliphatic carbocycles. The number of pyridine rings is 2. The number of hydrogen-bond donors (Lipinski definition) is 2. The first-order chi connectivity index (χ1) is 18.9. The van der Waals surface area contributed by atoms with Crippen molar-refractivity contribution in [1.82, 2.24) is 9.97 Å².